The molecule has 1 aliphatic rings. The average Bonchev–Trinajstić information content (AvgIpc) is 3.18. The maximum absolute atomic E-state index is 13.9. The van der Waals surface area contributed by atoms with Crippen molar-refractivity contribution in [3.8, 4) is 5.69 Å². The fraction of sp³-hybridized carbons (Fsp3) is 0.192. The van der Waals surface area contributed by atoms with Crippen molar-refractivity contribution in [2.45, 2.75) is 6.42 Å². The molecule has 0 unspecified atom stereocenters. The van der Waals surface area contributed by atoms with Gasteiger partial charge in [0.05, 0.1) is 17.3 Å². The molecular formula is C26H24N4O3. The number of hydrogen-bond acceptors (Lipinski definition) is 3. The Bertz CT molecular complexity index is 1290. The number of carboxylic acid groups (broad SMARTS) is 1. The Balaban J connectivity index is 1.65. The standard InChI is InChI=1S/C26H24N4O3/c31-25(28-13-15-29(16-14-28)26(32)33)24-21-11-12-27-18-23(21)30(20-9-5-2-6-10-20)22(24)17-19-7-3-1-4-8-19/h1-12,18H,13-17H2,(H,32,33). The van der Waals surface area contributed by atoms with Gasteiger partial charge in [-0.25, -0.2) is 4.79 Å². The normalized spacial score (nSPS) is 13.9. The lowest BCUT2D eigenvalue weighted by atomic mass is 10.0. The predicted molar refractivity (Wildman–Crippen MR) is 126 cm³/mol. The molecule has 0 aliphatic carbocycles. The number of carbonyl (C=O) groups excluding carboxylic acids is 1. The summed E-state index contributed by atoms with van der Waals surface area (Å²) < 4.78 is 2.12. The number of amides is 2. The highest BCUT2D eigenvalue weighted by atomic mass is 16.4. The largest absolute Gasteiger partial charge is 0.465 e. The Labute approximate surface area is 191 Å². The van der Waals surface area contributed by atoms with Crippen molar-refractivity contribution in [2.75, 3.05) is 26.2 Å². The monoisotopic (exact) mass is 440 g/mol. The second kappa shape index (κ2) is 8.78. The second-order valence-corrected chi connectivity index (χ2v) is 8.11. The minimum Gasteiger partial charge on any atom is -0.465 e. The molecule has 0 atom stereocenters. The number of hydrogen-bond donors (Lipinski definition) is 1. The van der Waals surface area contributed by atoms with Crippen molar-refractivity contribution >= 4 is 22.9 Å². The minimum absolute atomic E-state index is 0.0724. The van der Waals surface area contributed by atoms with Crippen LogP contribution in [0.15, 0.2) is 79.1 Å². The molecule has 0 saturated carbocycles. The van der Waals surface area contributed by atoms with Gasteiger partial charge in [0.15, 0.2) is 0 Å². The summed E-state index contributed by atoms with van der Waals surface area (Å²) in [6.45, 7) is 1.37. The van der Waals surface area contributed by atoms with Crippen LogP contribution in [0.25, 0.3) is 16.6 Å². The van der Waals surface area contributed by atoms with E-state index in [0.29, 0.717) is 38.2 Å². The quantitative estimate of drug-likeness (QED) is 0.519. The first-order valence-corrected chi connectivity index (χ1v) is 11.0. The van der Waals surface area contributed by atoms with Crippen LogP contribution in [0.4, 0.5) is 4.79 Å². The third kappa shape index (κ3) is 3.93. The average molecular weight is 441 g/mol. The fourth-order valence-corrected chi connectivity index (χ4v) is 4.51. The summed E-state index contributed by atoms with van der Waals surface area (Å²) in [6.07, 6.45) is 3.15. The molecule has 2 aromatic heterocycles. The van der Waals surface area contributed by atoms with Crippen LogP contribution in [0.5, 0.6) is 0 Å². The zero-order chi connectivity index (χ0) is 22.8. The van der Waals surface area contributed by atoms with Crippen LogP contribution in [0.1, 0.15) is 21.6 Å². The van der Waals surface area contributed by atoms with Crippen LogP contribution in [-0.2, 0) is 6.42 Å². The number of para-hydroxylation sites is 1. The van der Waals surface area contributed by atoms with E-state index in [9.17, 15) is 14.7 Å². The number of pyridine rings is 1. The lowest BCUT2D eigenvalue weighted by Crippen LogP contribution is -2.50. The number of benzene rings is 2. The molecule has 0 spiro atoms. The van der Waals surface area contributed by atoms with E-state index in [1.54, 1.807) is 17.3 Å². The SMILES string of the molecule is O=C(O)N1CCN(C(=O)c2c(Cc3ccccc3)n(-c3ccccc3)c3cnccc23)CC1. The van der Waals surface area contributed by atoms with E-state index in [1.165, 1.54) is 4.90 Å². The number of fused-ring (bicyclic) bond motifs is 1. The van der Waals surface area contributed by atoms with Crippen LogP contribution >= 0.6 is 0 Å². The molecule has 3 heterocycles. The summed E-state index contributed by atoms with van der Waals surface area (Å²) in [5.74, 6) is -0.0724. The summed E-state index contributed by atoms with van der Waals surface area (Å²) in [4.78, 5) is 32.6. The van der Waals surface area contributed by atoms with Gasteiger partial charge >= 0.3 is 6.09 Å². The van der Waals surface area contributed by atoms with Crippen molar-refractivity contribution in [2.24, 2.45) is 0 Å². The molecule has 1 fully saturated rings. The number of nitrogens with zero attached hydrogens (tertiary/aromatic N) is 4. The Morgan fingerprint density at radius 1 is 0.848 bits per heavy atom. The van der Waals surface area contributed by atoms with Gasteiger partial charge in [0.2, 0.25) is 0 Å². The third-order valence-corrected chi connectivity index (χ3v) is 6.15. The van der Waals surface area contributed by atoms with Crippen molar-refractivity contribution in [1.82, 2.24) is 19.4 Å². The highest BCUT2D eigenvalue weighted by Gasteiger charge is 2.30. The highest BCUT2D eigenvalue weighted by molar-refractivity contribution is 6.09. The van der Waals surface area contributed by atoms with Gasteiger partial charge in [0.25, 0.3) is 5.91 Å². The third-order valence-electron chi connectivity index (χ3n) is 6.15. The molecule has 5 rings (SSSR count). The fourth-order valence-electron chi connectivity index (χ4n) is 4.51. The van der Waals surface area contributed by atoms with Gasteiger partial charge in [0, 0.05) is 55.6 Å². The van der Waals surface area contributed by atoms with Crippen LogP contribution < -0.4 is 0 Å². The first-order valence-electron chi connectivity index (χ1n) is 11.0. The topological polar surface area (TPSA) is 78.7 Å². The van der Waals surface area contributed by atoms with Gasteiger partial charge in [-0.3, -0.25) is 9.78 Å². The van der Waals surface area contributed by atoms with Crippen molar-refractivity contribution in [3.63, 3.8) is 0 Å². The van der Waals surface area contributed by atoms with E-state index in [2.05, 4.69) is 21.7 Å². The van der Waals surface area contributed by atoms with Gasteiger partial charge < -0.3 is 19.5 Å². The van der Waals surface area contributed by atoms with Crippen LogP contribution in [0.3, 0.4) is 0 Å². The number of carbonyl (C=O) groups is 2. The molecule has 1 N–H and O–H groups in total. The van der Waals surface area contributed by atoms with Crippen LogP contribution in [0.2, 0.25) is 0 Å². The minimum atomic E-state index is -0.946. The first kappa shape index (κ1) is 20.8. The maximum Gasteiger partial charge on any atom is 0.407 e. The van der Waals surface area contributed by atoms with Gasteiger partial charge in [-0.05, 0) is 23.8 Å². The van der Waals surface area contributed by atoms with E-state index in [4.69, 9.17) is 0 Å². The zero-order valence-electron chi connectivity index (χ0n) is 18.1. The molecule has 2 amide bonds. The van der Waals surface area contributed by atoms with E-state index >= 15 is 0 Å². The second-order valence-electron chi connectivity index (χ2n) is 8.11. The number of aromatic nitrogens is 2. The predicted octanol–water partition coefficient (Wildman–Crippen LogP) is 4.05. The lowest BCUT2D eigenvalue weighted by Gasteiger charge is -2.33. The van der Waals surface area contributed by atoms with Gasteiger partial charge in [0.1, 0.15) is 0 Å². The Morgan fingerprint density at radius 3 is 2.15 bits per heavy atom. The van der Waals surface area contributed by atoms with E-state index in [0.717, 1.165) is 27.8 Å². The van der Waals surface area contributed by atoms with Crippen LogP contribution in [-0.4, -0.2) is 62.6 Å². The molecule has 0 radical (unpaired) electrons. The molecule has 33 heavy (non-hydrogen) atoms. The number of piperazine rings is 1. The molecule has 7 nitrogen and oxygen atoms in total. The van der Waals surface area contributed by atoms with E-state index in [-0.39, 0.29) is 5.91 Å². The molecule has 7 heteroatoms. The molecule has 166 valence electrons. The molecule has 1 aliphatic heterocycles. The molecular weight excluding hydrogens is 416 g/mol. The summed E-state index contributed by atoms with van der Waals surface area (Å²) >= 11 is 0. The maximum atomic E-state index is 13.9. The van der Waals surface area contributed by atoms with Crippen LogP contribution in [0, 0.1) is 0 Å². The van der Waals surface area contributed by atoms with Crippen molar-refractivity contribution in [3.05, 3.63) is 95.9 Å². The number of rotatable bonds is 4. The van der Waals surface area contributed by atoms with Gasteiger partial charge in [-0.1, -0.05) is 48.5 Å². The molecule has 2 aromatic carbocycles. The van der Waals surface area contributed by atoms with Crippen molar-refractivity contribution in [1.29, 1.82) is 0 Å². The van der Waals surface area contributed by atoms with E-state index < -0.39 is 6.09 Å². The zero-order valence-corrected chi connectivity index (χ0v) is 18.1. The first-order chi connectivity index (χ1) is 16.1. The lowest BCUT2D eigenvalue weighted by molar-refractivity contribution is 0.0625. The van der Waals surface area contributed by atoms with Crippen molar-refractivity contribution < 1.29 is 14.7 Å². The molecule has 0 bridgehead atoms. The van der Waals surface area contributed by atoms with E-state index in [1.807, 2.05) is 54.6 Å². The van der Waals surface area contributed by atoms with Gasteiger partial charge in [-0.2, -0.15) is 0 Å². The summed E-state index contributed by atoms with van der Waals surface area (Å²) in [6, 6.07) is 22.0. The highest BCUT2D eigenvalue weighted by Crippen LogP contribution is 2.32. The summed E-state index contributed by atoms with van der Waals surface area (Å²) in [5, 5.41) is 10.1. The summed E-state index contributed by atoms with van der Waals surface area (Å²) in [7, 11) is 0. The Kier molecular flexibility index (Phi) is 5.52. The van der Waals surface area contributed by atoms with Gasteiger partial charge in [-0.15, -0.1) is 0 Å². The summed E-state index contributed by atoms with van der Waals surface area (Å²) in [5.41, 5.74) is 4.51. The molecule has 4 aromatic rings. The Morgan fingerprint density at radius 2 is 1.48 bits per heavy atom. The Hall–Kier alpha value is -4.13. The smallest absolute Gasteiger partial charge is 0.407 e. The molecule has 1 saturated heterocycles.